The third-order valence-corrected chi connectivity index (χ3v) is 4.49. The van der Waals surface area contributed by atoms with Crippen LogP contribution in [0.1, 0.15) is 50.2 Å². The quantitative estimate of drug-likeness (QED) is 0.557. The normalized spacial score (nSPS) is 15.2. The molecule has 2 atom stereocenters. The second kappa shape index (κ2) is 8.47. The highest BCUT2D eigenvalue weighted by Crippen LogP contribution is 2.40. The van der Waals surface area contributed by atoms with E-state index < -0.39 is 0 Å². The first-order valence-corrected chi connectivity index (χ1v) is 8.44. The zero-order valence-electron chi connectivity index (χ0n) is 14.1. The molecule has 0 aliphatic heterocycles. The fourth-order valence-electron chi connectivity index (χ4n) is 2.99. The molecule has 0 amide bonds. The van der Waals surface area contributed by atoms with Gasteiger partial charge in [-0.15, -0.1) is 0 Å². The van der Waals surface area contributed by atoms with Crippen LogP contribution in [0.15, 0.2) is 66.7 Å². The minimum absolute atomic E-state index is 0.0907. The van der Waals surface area contributed by atoms with E-state index in [0.717, 1.165) is 31.1 Å². The van der Waals surface area contributed by atoms with Crippen LogP contribution < -0.4 is 0 Å². The molecular weight excluding hydrogens is 280 g/mol. The summed E-state index contributed by atoms with van der Waals surface area (Å²) in [5.41, 5.74) is 1.99. The zero-order chi connectivity index (χ0) is 16.5. The summed E-state index contributed by atoms with van der Waals surface area (Å²) in [5, 5.41) is 0. The molecule has 1 nitrogen and oxygen atoms in total. The van der Waals surface area contributed by atoms with E-state index in [4.69, 9.17) is 0 Å². The maximum Gasteiger partial charge on any atom is 0.126 e. The Morgan fingerprint density at radius 2 is 1.61 bits per heavy atom. The van der Waals surface area contributed by atoms with Crippen molar-refractivity contribution in [3.63, 3.8) is 0 Å². The number of carbonyl (C=O) groups is 1. The molecule has 0 aliphatic carbocycles. The lowest BCUT2D eigenvalue weighted by molar-refractivity contribution is -0.116. The molecule has 0 fully saturated rings. The minimum atomic E-state index is -0.372. The van der Waals surface area contributed by atoms with Gasteiger partial charge in [-0.1, -0.05) is 99.5 Å². The van der Waals surface area contributed by atoms with Gasteiger partial charge in [-0.25, -0.2) is 0 Å². The van der Waals surface area contributed by atoms with Gasteiger partial charge in [0.1, 0.15) is 6.29 Å². The van der Waals surface area contributed by atoms with Gasteiger partial charge < -0.3 is 4.79 Å². The van der Waals surface area contributed by atoms with Crippen molar-refractivity contribution in [1.82, 2.24) is 0 Å². The number of unbranched alkanes of at least 4 members (excludes halogenated alkanes) is 1. The summed E-state index contributed by atoms with van der Waals surface area (Å²) in [6.07, 6.45) is 8.55. The molecule has 0 N–H and O–H groups in total. The molecule has 0 radical (unpaired) electrons. The van der Waals surface area contributed by atoms with Gasteiger partial charge in [0.05, 0.1) is 0 Å². The molecule has 0 heterocycles. The number of aldehydes is 1. The second-order valence-electron chi connectivity index (χ2n) is 6.39. The lowest BCUT2D eigenvalue weighted by Crippen LogP contribution is -2.26. The van der Waals surface area contributed by atoms with Crippen LogP contribution in [-0.4, -0.2) is 6.29 Å². The van der Waals surface area contributed by atoms with Gasteiger partial charge in [-0.05, 0) is 17.5 Å². The average Bonchev–Trinajstić information content (AvgIpc) is 2.62. The molecule has 0 unspecified atom stereocenters. The van der Waals surface area contributed by atoms with E-state index in [1.807, 2.05) is 36.4 Å². The maximum absolute atomic E-state index is 11.9. The topological polar surface area (TPSA) is 17.1 Å². The summed E-state index contributed by atoms with van der Waals surface area (Å²) in [7, 11) is 0. The predicted octanol–water partition coefficient (Wildman–Crippen LogP) is 5.88. The van der Waals surface area contributed by atoms with Crippen molar-refractivity contribution in [3.05, 3.63) is 77.9 Å². The Kier molecular flexibility index (Phi) is 6.34. The molecule has 0 aliphatic rings. The van der Waals surface area contributed by atoms with Gasteiger partial charge >= 0.3 is 0 Å². The highest BCUT2D eigenvalue weighted by atomic mass is 16.1. The van der Waals surface area contributed by atoms with Crippen molar-refractivity contribution in [2.45, 2.75) is 39.0 Å². The first-order valence-electron chi connectivity index (χ1n) is 8.44. The average molecular weight is 306 g/mol. The standard InChI is InChI=1S/C22H26O/c1-3-4-17-22(2,18-23)21(20-13-9-6-10-14-20)16-15-19-11-7-5-8-12-19/h5-16,18,21H,3-4,17H2,1-2H3/b16-15+/t21-,22-/m1/s1. The van der Waals surface area contributed by atoms with Crippen molar-refractivity contribution in [2.75, 3.05) is 0 Å². The van der Waals surface area contributed by atoms with Gasteiger partial charge in [-0.3, -0.25) is 0 Å². The predicted molar refractivity (Wildman–Crippen MR) is 98.4 cm³/mol. The number of hydrogen-bond donors (Lipinski definition) is 0. The fraction of sp³-hybridized carbons (Fsp3) is 0.318. The van der Waals surface area contributed by atoms with Crippen molar-refractivity contribution >= 4 is 12.4 Å². The molecule has 0 bridgehead atoms. The van der Waals surface area contributed by atoms with Crippen molar-refractivity contribution < 1.29 is 4.79 Å². The second-order valence-corrected chi connectivity index (χ2v) is 6.39. The molecule has 1 heteroatoms. The van der Waals surface area contributed by atoms with E-state index in [2.05, 4.69) is 50.3 Å². The summed E-state index contributed by atoms with van der Waals surface area (Å²) in [4.78, 5) is 11.9. The van der Waals surface area contributed by atoms with Crippen LogP contribution in [0.5, 0.6) is 0 Å². The van der Waals surface area contributed by atoms with Crippen molar-refractivity contribution in [2.24, 2.45) is 5.41 Å². The molecule has 0 aromatic heterocycles. The third kappa shape index (κ3) is 4.66. The molecule has 2 aromatic rings. The first kappa shape index (κ1) is 17.2. The van der Waals surface area contributed by atoms with Gasteiger partial charge in [0.2, 0.25) is 0 Å². The lowest BCUT2D eigenvalue weighted by atomic mass is 9.71. The van der Waals surface area contributed by atoms with Gasteiger partial charge in [0, 0.05) is 11.3 Å². The lowest BCUT2D eigenvalue weighted by Gasteiger charge is -2.31. The first-order chi connectivity index (χ1) is 11.2. The van der Waals surface area contributed by atoms with Crippen LogP contribution in [0.25, 0.3) is 6.08 Å². The van der Waals surface area contributed by atoms with Crippen LogP contribution in [0.4, 0.5) is 0 Å². The summed E-state index contributed by atoms with van der Waals surface area (Å²) >= 11 is 0. The van der Waals surface area contributed by atoms with E-state index in [1.165, 1.54) is 5.56 Å². The molecule has 0 saturated carbocycles. The molecule has 0 saturated heterocycles. The van der Waals surface area contributed by atoms with E-state index in [1.54, 1.807) is 0 Å². The minimum Gasteiger partial charge on any atom is -0.303 e. The van der Waals surface area contributed by atoms with Crippen LogP contribution in [-0.2, 0) is 4.79 Å². The molecule has 120 valence electrons. The molecular formula is C22H26O. The fourth-order valence-corrected chi connectivity index (χ4v) is 2.99. The summed E-state index contributed by atoms with van der Waals surface area (Å²) < 4.78 is 0. The van der Waals surface area contributed by atoms with Crippen LogP contribution in [0, 0.1) is 5.41 Å². The van der Waals surface area contributed by atoms with E-state index in [-0.39, 0.29) is 11.3 Å². The van der Waals surface area contributed by atoms with E-state index in [9.17, 15) is 4.79 Å². The summed E-state index contributed by atoms with van der Waals surface area (Å²) in [6.45, 7) is 4.26. The Morgan fingerprint density at radius 3 is 2.17 bits per heavy atom. The Morgan fingerprint density at radius 1 is 1.00 bits per heavy atom. The highest BCUT2D eigenvalue weighted by Gasteiger charge is 2.32. The number of rotatable bonds is 8. The third-order valence-electron chi connectivity index (χ3n) is 4.49. The Labute approximate surface area is 140 Å². The van der Waals surface area contributed by atoms with Gasteiger partial charge in [-0.2, -0.15) is 0 Å². The summed E-state index contributed by atoms with van der Waals surface area (Å²) in [5.74, 6) is 0.0907. The highest BCUT2D eigenvalue weighted by molar-refractivity contribution is 5.64. The van der Waals surface area contributed by atoms with E-state index >= 15 is 0 Å². The van der Waals surface area contributed by atoms with E-state index in [0.29, 0.717) is 0 Å². The number of allylic oxidation sites excluding steroid dienone is 1. The van der Waals surface area contributed by atoms with Crippen LogP contribution in [0.2, 0.25) is 0 Å². The van der Waals surface area contributed by atoms with Crippen molar-refractivity contribution in [3.8, 4) is 0 Å². The Hall–Kier alpha value is -2.15. The maximum atomic E-state index is 11.9. The summed E-state index contributed by atoms with van der Waals surface area (Å²) in [6, 6.07) is 20.6. The van der Waals surface area contributed by atoms with Gasteiger partial charge in [0.25, 0.3) is 0 Å². The van der Waals surface area contributed by atoms with Gasteiger partial charge in [0.15, 0.2) is 0 Å². The van der Waals surface area contributed by atoms with Crippen molar-refractivity contribution in [1.29, 1.82) is 0 Å². The number of benzene rings is 2. The van der Waals surface area contributed by atoms with Crippen LogP contribution in [0.3, 0.4) is 0 Å². The van der Waals surface area contributed by atoms with Crippen LogP contribution >= 0.6 is 0 Å². The zero-order valence-corrected chi connectivity index (χ0v) is 14.1. The molecule has 2 rings (SSSR count). The number of hydrogen-bond acceptors (Lipinski definition) is 1. The molecule has 0 spiro atoms. The molecule has 2 aromatic carbocycles. The smallest absolute Gasteiger partial charge is 0.126 e. The SMILES string of the molecule is CCCC[C@](C)(C=O)[C@H](/C=C/c1ccccc1)c1ccccc1. The number of carbonyl (C=O) groups excluding carboxylic acids is 1. The monoisotopic (exact) mass is 306 g/mol. The largest absolute Gasteiger partial charge is 0.303 e. The Balaban J connectivity index is 2.35. The molecule has 23 heavy (non-hydrogen) atoms. The Bertz CT molecular complexity index is 615.